The summed E-state index contributed by atoms with van der Waals surface area (Å²) in [6.45, 7) is 3.33. The van der Waals surface area contributed by atoms with Crippen molar-refractivity contribution in [3.63, 3.8) is 0 Å². The zero-order chi connectivity index (χ0) is 42.8. The third kappa shape index (κ3) is 41.8. The monoisotopic (exact) mass is 839 g/mol. The van der Waals surface area contributed by atoms with Crippen molar-refractivity contribution >= 4 is 19.8 Å². The number of hydrogen-bond donors (Lipinski definition) is 4. The highest BCUT2D eigenvalue weighted by atomic mass is 31.2. The quantitative estimate of drug-likeness (QED) is 0.0202. The minimum atomic E-state index is -4.84. The predicted octanol–water partition coefficient (Wildman–Crippen LogP) is 12.0. The average Bonchev–Trinajstić information content (AvgIpc) is 3.19. The Labute approximate surface area is 352 Å². The summed E-state index contributed by atoms with van der Waals surface area (Å²) in [5.74, 6) is -1.17. The molecular weight excluding hydrogens is 755 g/mol. The van der Waals surface area contributed by atoms with Crippen molar-refractivity contribution < 1.29 is 48.2 Å². The molecule has 0 saturated carbocycles. The van der Waals surface area contributed by atoms with Crippen LogP contribution in [0.1, 0.15) is 194 Å². The molecule has 0 aliphatic heterocycles. The fourth-order valence-corrected chi connectivity index (χ4v) is 6.58. The highest BCUT2D eigenvalue weighted by Crippen LogP contribution is 2.36. The molecule has 0 fully saturated rings. The number of aliphatic hydroxyl groups is 2. The van der Waals surface area contributed by atoms with Crippen LogP contribution in [-0.2, 0) is 28.2 Å². The van der Waals surface area contributed by atoms with Crippen molar-refractivity contribution in [2.45, 2.75) is 212 Å². The highest BCUT2D eigenvalue weighted by molar-refractivity contribution is 7.46. The van der Waals surface area contributed by atoms with E-state index >= 15 is 0 Å². The summed E-state index contributed by atoms with van der Waals surface area (Å²) in [6.07, 6.45) is 45.5. The number of carbonyl (C=O) groups is 2. The van der Waals surface area contributed by atoms with E-state index in [-0.39, 0.29) is 32.1 Å². The Morgan fingerprint density at radius 3 is 1.52 bits per heavy atom. The van der Waals surface area contributed by atoms with Gasteiger partial charge in [-0.15, -0.1) is 0 Å². The van der Waals surface area contributed by atoms with Crippen molar-refractivity contribution in [1.29, 1.82) is 0 Å². The first-order valence-corrected chi connectivity index (χ1v) is 24.3. The molecule has 0 bridgehead atoms. The van der Waals surface area contributed by atoms with E-state index in [4.69, 9.17) is 19.3 Å². The number of carbonyl (C=O) groups excluding carboxylic acids is 2. The fraction of sp³-hybridized carbons (Fsp3) is 0.745. The minimum absolute atomic E-state index is 0.106. The molecule has 0 aromatic carbocycles. The lowest BCUT2D eigenvalue weighted by molar-refractivity contribution is -0.161. The topological polar surface area (TPSA) is 160 Å². The number of esters is 2. The Morgan fingerprint density at radius 2 is 1.00 bits per heavy atom. The Bertz CT molecular complexity index is 1160. The van der Waals surface area contributed by atoms with Crippen LogP contribution in [0.15, 0.2) is 60.8 Å². The van der Waals surface area contributed by atoms with Gasteiger partial charge in [0.25, 0.3) is 0 Å². The van der Waals surface area contributed by atoms with Crippen LogP contribution in [-0.4, -0.2) is 63.5 Å². The molecule has 0 heterocycles. The third-order valence-corrected chi connectivity index (χ3v) is 10.2. The predicted molar refractivity (Wildman–Crippen MR) is 237 cm³/mol. The summed E-state index contributed by atoms with van der Waals surface area (Å²) < 4.78 is 26.3. The summed E-state index contributed by atoms with van der Waals surface area (Å²) in [4.78, 5) is 43.0. The number of phosphoric acid groups is 1. The molecule has 0 aliphatic carbocycles. The Morgan fingerprint density at radius 1 is 0.534 bits per heavy atom. The van der Waals surface area contributed by atoms with E-state index in [1.807, 2.05) is 18.2 Å². The van der Waals surface area contributed by atoms with Crippen LogP contribution < -0.4 is 0 Å². The number of unbranched alkanes of at least 4 members (excludes halogenated alkanes) is 17. The molecule has 0 rings (SSSR count). The molecule has 0 aromatic rings. The molecule has 4 N–H and O–H groups in total. The van der Waals surface area contributed by atoms with Gasteiger partial charge in [0, 0.05) is 12.8 Å². The van der Waals surface area contributed by atoms with Gasteiger partial charge in [0.05, 0.1) is 18.8 Å². The molecule has 0 saturated heterocycles. The summed E-state index contributed by atoms with van der Waals surface area (Å²) in [5.41, 5.74) is 0. The van der Waals surface area contributed by atoms with Crippen molar-refractivity contribution in [3.8, 4) is 0 Å². The van der Waals surface area contributed by atoms with Gasteiger partial charge in [-0.2, -0.15) is 0 Å². The van der Waals surface area contributed by atoms with Crippen molar-refractivity contribution in [1.82, 2.24) is 0 Å². The zero-order valence-electron chi connectivity index (χ0n) is 36.4. The van der Waals surface area contributed by atoms with Crippen LogP contribution in [0.5, 0.6) is 0 Å². The summed E-state index contributed by atoms with van der Waals surface area (Å²) in [7, 11) is -4.84. The molecule has 0 radical (unpaired) electrons. The first-order valence-electron chi connectivity index (χ1n) is 22.7. The second-order valence-electron chi connectivity index (χ2n) is 15.3. The lowest BCUT2D eigenvalue weighted by atomic mass is 10.0. The third-order valence-electron chi connectivity index (χ3n) is 9.72. The van der Waals surface area contributed by atoms with E-state index in [1.54, 1.807) is 0 Å². The summed E-state index contributed by atoms with van der Waals surface area (Å²) in [5, 5.41) is 20.6. The first-order chi connectivity index (χ1) is 28.1. The lowest BCUT2D eigenvalue weighted by Crippen LogP contribution is -2.30. The molecular formula is C47H83O10P. The van der Waals surface area contributed by atoms with Gasteiger partial charge in [-0.3, -0.25) is 14.1 Å². The van der Waals surface area contributed by atoms with Crippen LogP contribution in [0, 0.1) is 0 Å². The second kappa shape index (κ2) is 41.4. The molecule has 0 unspecified atom stereocenters. The molecule has 0 amide bonds. The molecule has 58 heavy (non-hydrogen) atoms. The Kier molecular flexibility index (Phi) is 39.7. The van der Waals surface area contributed by atoms with Gasteiger partial charge in [0.2, 0.25) is 0 Å². The number of hydrogen-bond acceptors (Lipinski definition) is 8. The maximum Gasteiger partial charge on any atom is 0.469 e. The molecule has 10 nitrogen and oxygen atoms in total. The Balaban J connectivity index is 4.08. The van der Waals surface area contributed by atoms with Crippen molar-refractivity contribution in [2.75, 3.05) is 13.2 Å². The van der Waals surface area contributed by atoms with Gasteiger partial charge in [-0.1, -0.05) is 164 Å². The van der Waals surface area contributed by atoms with Crippen LogP contribution in [0.4, 0.5) is 0 Å². The van der Waals surface area contributed by atoms with Crippen LogP contribution in [0.2, 0.25) is 0 Å². The SMILES string of the molecule is CC/C=C\C/C=C\C/C=C\C/C=C\C[C@@H](O)[C@H](O)CCCC(=O)O[C@H](COC(=O)CCCCCCCCCCCCC/C=C\CCCCCCCC)COP(=O)(O)O. The summed E-state index contributed by atoms with van der Waals surface area (Å²) in [6, 6.07) is 0. The van der Waals surface area contributed by atoms with Gasteiger partial charge in [0.1, 0.15) is 6.61 Å². The molecule has 0 aromatic heterocycles. The van der Waals surface area contributed by atoms with Crippen LogP contribution >= 0.6 is 7.82 Å². The highest BCUT2D eigenvalue weighted by Gasteiger charge is 2.23. The van der Waals surface area contributed by atoms with E-state index < -0.39 is 51.3 Å². The maximum absolute atomic E-state index is 12.5. The number of phosphoric ester groups is 1. The summed E-state index contributed by atoms with van der Waals surface area (Å²) >= 11 is 0. The molecule has 3 atom stereocenters. The number of ether oxygens (including phenoxy) is 2. The van der Waals surface area contributed by atoms with E-state index in [1.165, 1.54) is 96.3 Å². The smallest absolute Gasteiger partial charge is 0.462 e. The van der Waals surface area contributed by atoms with E-state index in [0.717, 1.165) is 44.9 Å². The van der Waals surface area contributed by atoms with Crippen LogP contribution in [0.3, 0.4) is 0 Å². The lowest BCUT2D eigenvalue weighted by Gasteiger charge is -2.19. The van der Waals surface area contributed by atoms with Gasteiger partial charge >= 0.3 is 19.8 Å². The maximum atomic E-state index is 12.5. The Hall–Kier alpha value is -2.33. The van der Waals surface area contributed by atoms with E-state index in [0.29, 0.717) is 6.42 Å². The largest absolute Gasteiger partial charge is 0.469 e. The van der Waals surface area contributed by atoms with Gasteiger partial charge < -0.3 is 29.5 Å². The zero-order valence-corrected chi connectivity index (χ0v) is 37.3. The number of rotatable bonds is 41. The molecule has 0 spiro atoms. The fourth-order valence-electron chi connectivity index (χ4n) is 6.22. The second-order valence-corrected chi connectivity index (χ2v) is 16.5. The standard InChI is InChI=1S/C47H83O10P/c1-3-5-7-9-11-13-15-17-18-19-20-21-22-23-24-25-27-29-31-33-35-39-46(50)55-41-43(42-56-58(52,53)54)57-47(51)40-36-38-45(49)44(48)37-34-32-30-28-26-16-14-12-10-8-6-4-2/h6,8,12,14,17-18,26,28,32,34,43-45,48-49H,3-5,7,9-11,13,15-16,19-25,27,29-31,33,35-42H2,1-2H3,(H2,52,53,54)/b8-6-,14-12-,18-17-,28-26-,34-32-/t43-,44-,45-/m1/s1. The van der Waals surface area contributed by atoms with E-state index in [2.05, 4.69) is 60.9 Å². The number of aliphatic hydroxyl groups excluding tert-OH is 2. The minimum Gasteiger partial charge on any atom is -0.462 e. The molecule has 336 valence electrons. The average molecular weight is 839 g/mol. The van der Waals surface area contributed by atoms with E-state index in [9.17, 15) is 24.4 Å². The van der Waals surface area contributed by atoms with Crippen molar-refractivity contribution in [3.05, 3.63) is 60.8 Å². The van der Waals surface area contributed by atoms with Gasteiger partial charge in [0.15, 0.2) is 6.10 Å². The number of allylic oxidation sites excluding steroid dienone is 9. The molecule has 11 heteroatoms. The normalized spacial score (nSPS) is 14.1. The first kappa shape index (κ1) is 55.7. The van der Waals surface area contributed by atoms with Gasteiger partial charge in [-0.25, -0.2) is 4.57 Å². The van der Waals surface area contributed by atoms with Crippen LogP contribution in [0.25, 0.3) is 0 Å². The molecule has 0 aliphatic rings. The van der Waals surface area contributed by atoms with Crippen molar-refractivity contribution in [2.24, 2.45) is 0 Å². The van der Waals surface area contributed by atoms with Gasteiger partial charge in [-0.05, 0) is 77.0 Å².